The molecule has 0 aliphatic rings. The second-order valence-electron chi connectivity index (χ2n) is 5.66. The molecule has 3 nitrogen and oxygen atoms in total. The van der Waals surface area contributed by atoms with Gasteiger partial charge in [-0.2, -0.15) is 0 Å². The number of aromatic nitrogens is 1. The minimum Gasteiger partial charge on any atom is -0.340 e. The number of anilines is 1. The third-order valence-corrected chi connectivity index (χ3v) is 4.12. The van der Waals surface area contributed by atoms with Gasteiger partial charge in [-0.1, -0.05) is 42.5 Å². The van der Waals surface area contributed by atoms with E-state index in [-0.39, 0.29) is 5.82 Å². The van der Waals surface area contributed by atoms with Crippen molar-refractivity contribution in [2.45, 2.75) is 13.1 Å². The molecule has 0 amide bonds. The van der Waals surface area contributed by atoms with Crippen LogP contribution in [0.1, 0.15) is 11.1 Å². The van der Waals surface area contributed by atoms with Crippen molar-refractivity contribution >= 4 is 23.0 Å². The molecule has 25 heavy (non-hydrogen) atoms. The van der Waals surface area contributed by atoms with Crippen LogP contribution in [-0.2, 0) is 13.1 Å². The van der Waals surface area contributed by atoms with Crippen LogP contribution in [0.5, 0.6) is 0 Å². The molecule has 3 rings (SSSR count). The van der Waals surface area contributed by atoms with E-state index in [0.29, 0.717) is 23.9 Å². The summed E-state index contributed by atoms with van der Waals surface area (Å²) in [7, 11) is 0. The standard InChI is InChI=1S/C20H18FN3S/c21-18-10-4-5-11-19(18)23-20(25)24(14-16-7-2-1-3-8-16)15-17-9-6-12-22-13-17/h1-13H,14-15H2,(H,23,25)/p+1. The lowest BCUT2D eigenvalue weighted by Crippen LogP contribution is -2.34. The average Bonchev–Trinajstić information content (AvgIpc) is 2.65. The number of pyridine rings is 1. The van der Waals surface area contributed by atoms with Crippen LogP contribution in [0.2, 0.25) is 0 Å². The SMILES string of the molecule is Fc1ccccc1NC(=S)N(Cc1ccccc1)Cc1ccc[nH+]c1. The van der Waals surface area contributed by atoms with Gasteiger partial charge in [0, 0.05) is 18.2 Å². The van der Waals surface area contributed by atoms with Gasteiger partial charge in [-0.25, -0.2) is 9.37 Å². The number of halogens is 1. The second kappa shape index (κ2) is 8.35. The lowest BCUT2D eigenvalue weighted by atomic mass is 10.2. The molecule has 1 heterocycles. The summed E-state index contributed by atoms with van der Waals surface area (Å²) in [4.78, 5) is 5.09. The van der Waals surface area contributed by atoms with Crippen LogP contribution in [0.3, 0.4) is 0 Å². The van der Waals surface area contributed by atoms with Crippen LogP contribution < -0.4 is 10.3 Å². The monoisotopic (exact) mass is 352 g/mol. The van der Waals surface area contributed by atoms with E-state index in [0.717, 1.165) is 11.1 Å². The molecule has 2 N–H and O–H groups in total. The van der Waals surface area contributed by atoms with Gasteiger partial charge >= 0.3 is 0 Å². The first-order valence-electron chi connectivity index (χ1n) is 8.02. The summed E-state index contributed by atoms with van der Waals surface area (Å²) in [5.41, 5.74) is 2.61. The van der Waals surface area contributed by atoms with Crippen molar-refractivity contribution in [3.05, 3.63) is 96.1 Å². The Labute approximate surface area is 152 Å². The van der Waals surface area contributed by atoms with Crippen molar-refractivity contribution in [3.63, 3.8) is 0 Å². The molecule has 0 aliphatic heterocycles. The zero-order valence-electron chi connectivity index (χ0n) is 13.7. The molecular weight excluding hydrogens is 333 g/mol. The number of hydrogen-bond donors (Lipinski definition) is 1. The Morgan fingerprint density at radius 1 is 0.920 bits per heavy atom. The number of thiocarbonyl (C=S) groups is 1. The molecular formula is C20H19FN3S+. The first-order valence-corrected chi connectivity index (χ1v) is 8.42. The third kappa shape index (κ3) is 4.84. The molecule has 0 spiro atoms. The molecule has 0 saturated heterocycles. The Bertz CT molecular complexity index is 783. The largest absolute Gasteiger partial charge is 0.340 e. The molecule has 1 aromatic heterocycles. The number of rotatable bonds is 5. The van der Waals surface area contributed by atoms with Crippen molar-refractivity contribution in [1.82, 2.24) is 4.90 Å². The number of para-hydroxylation sites is 1. The molecule has 0 atom stereocenters. The van der Waals surface area contributed by atoms with E-state index in [1.807, 2.05) is 47.6 Å². The Morgan fingerprint density at radius 2 is 1.60 bits per heavy atom. The molecule has 5 heteroatoms. The number of benzene rings is 2. The molecule has 0 bridgehead atoms. The van der Waals surface area contributed by atoms with Gasteiger partial charge in [0.2, 0.25) is 0 Å². The summed E-state index contributed by atoms with van der Waals surface area (Å²) in [6.07, 6.45) is 3.80. The number of H-pyrrole nitrogens is 1. The summed E-state index contributed by atoms with van der Waals surface area (Å²) in [6, 6.07) is 20.6. The molecule has 3 aromatic rings. The van der Waals surface area contributed by atoms with E-state index in [9.17, 15) is 4.39 Å². The first kappa shape index (κ1) is 17.0. The van der Waals surface area contributed by atoms with Crippen LogP contribution in [0, 0.1) is 5.82 Å². The number of hydrogen-bond acceptors (Lipinski definition) is 1. The van der Waals surface area contributed by atoms with Crippen LogP contribution >= 0.6 is 12.2 Å². The zero-order valence-corrected chi connectivity index (χ0v) is 14.5. The molecule has 126 valence electrons. The van der Waals surface area contributed by atoms with E-state index in [4.69, 9.17) is 12.2 Å². The highest BCUT2D eigenvalue weighted by Gasteiger charge is 2.14. The highest BCUT2D eigenvalue weighted by Crippen LogP contribution is 2.16. The highest BCUT2D eigenvalue weighted by atomic mass is 32.1. The van der Waals surface area contributed by atoms with Crippen molar-refractivity contribution in [2.24, 2.45) is 0 Å². The fourth-order valence-corrected chi connectivity index (χ4v) is 2.75. The zero-order chi connectivity index (χ0) is 17.5. The Balaban J connectivity index is 1.79. The predicted octanol–water partition coefficient (Wildman–Crippen LogP) is 4.04. The maximum Gasteiger partial charge on any atom is 0.174 e. The number of aromatic amines is 1. The molecule has 0 saturated carbocycles. The van der Waals surface area contributed by atoms with Crippen LogP contribution in [0.4, 0.5) is 10.1 Å². The van der Waals surface area contributed by atoms with Crippen LogP contribution in [0.25, 0.3) is 0 Å². The Kier molecular flexibility index (Phi) is 5.69. The maximum atomic E-state index is 13.9. The maximum absolute atomic E-state index is 13.9. The minimum absolute atomic E-state index is 0.322. The van der Waals surface area contributed by atoms with E-state index in [2.05, 4.69) is 22.4 Å². The van der Waals surface area contributed by atoms with E-state index in [1.54, 1.807) is 18.2 Å². The lowest BCUT2D eigenvalue weighted by Gasteiger charge is -2.26. The number of nitrogens with zero attached hydrogens (tertiary/aromatic N) is 1. The summed E-state index contributed by atoms with van der Waals surface area (Å²) >= 11 is 5.55. The van der Waals surface area contributed by atoms with E-state index in [1.165, 1.54) is 6.07 Å². The van der Waals surface area contributed by atoms with E-state index >= 15 is 0 Å². The second-order valence-corrected chi connectivity index (χ2v) is 6.05. The Morgan fingerprint density at radius 3 is 2.32 bits per heavy atom. The van der Waals surface area contributed by atoms with Crippen molar-refractivity contribution < 1.29 is 9.37 Å². The summed E-state index contributed by atoms with van der Waals surface area (Å²) < 4.78 is 13.9. The predicted molar refractivity (Wildman–Crippen MR) is 101 cm³/mol. The smallest absolute Gasteiger partial charge is 0.174 e. The Hall–Kier alpha value is -2.79. The van der Waals surface area contributed by atoms with E-state index < -0.39 is 0 Å². The van der Waals surface area contributed by atoms with Gasteiger partial charge in [-0.15, -0.1) is 0 Å². The molecule has 0 unspecified atom stereocenters. The molecule has 2 aromatic carbocycles. The van der Waals surface area contributed by atoms with Gasteiger partial charge in [0.15, 0.2) is 17.5 Å². The van der Waals surface area contributed by atoms with Crippen molar-refractivity contribution in [2.75, 3.05) is 5.32 Å². The van der Waals surface area contributed by atoms with Gasteiger partial charge in [0.25, 0.3) is 0 Å². The van der Waals surface area contributed by atoms with Gasteiger partial charge in [0.1, 0.15) is 5.82 Å². The minimum atomic E-state index is -0.322. The molecule has 0 aliphatic carbocycles. The van der Waals surface area contributed by atoms with Crippen LogP contribution in [0.15, 0.2) is 79.1 Å². The first-order chi connectivity index (χ1) is 12.2. The van der Waals surface area contributed by atoms with Gasteiger partial charge < -0.3 is 10.2 Å². The van der Waals surface area contributed by atoms with Gasteiger partial charge in [-0.3, -0.25) is 0 Å². The highest BCUT2D eigenvalue weighted by molar-refractivity contribution is 7.80. The molecule has 0 fully saturated rings. The van der Waals surface area contributed by atoms with Gasteiger partial charge in [-0.05, 0) is 36.0 Å². The van der Waals surface area contributed by atoms with Crippen molar-refractivity contribution in [1.29, 1.82) is 0 Å². The fourth-order valence-electron chi connectivity index (χ4n) is 2.51. The van der Waals surface area contributed by atoms with Crippen LogP contribution in [-0.4, -0.2) is 10.0 Å². The summed E-state index contributed by atoms with van der Waals surface area (Å²) in [5.74, 6) is -0.322. The molecule has 0 radical (unpaired) electrons. The quantitative estimate of drug-likeness (QED) is 0.703. The number of nitrogens with one attached hydrogen (secondary N) is 2. The third-order valence-electron chi connectivity index (χ3n) is 3.76. The summed E-state index contributed by atoms with van der Waals surface area (Å²) in [6.45, 7) is 1.25. The lowest BCUT2D eigenvalue weighted by molar-refractivity contribution is -0.378. The van der Waals surface area contributed by atoms with Gasteiger partial charge in [0.05, 0.1) is 12.2 Å². The topological polar surface area (TPSA) is 29.4 Å². The summed E-state index contributed by atoms with van der Waals surface area (Å²) in [5, 5.41) is 3.51. The average molecular weight is 352 g/mol. The van der Waals surface area contributed by atoms with Crippen molar-refractivity contribution in [3.8, 4) is 0 Å². The normalized spacial score (nSPS) is 10.3. The fraction of sp³-hybridized carbons (Fsp3) is 0.100.